The molecule has 0 unspecified atom stereocenters. The van der Waals surface area contributed by atoms with E-state index in [-0.39, 0.29) is 5.75 Å². The van der Waals surface area contributed by atoms with Crippen LogP contribution >= 0.6 is 22.9 Å². The van der Waals surface area contributed by atoms with Crippen molar-refractivity contribution in [3.63, 3.8) is 0 Å². The van der Waals surface area contributed by atoms with Gasteiger partial charge in [0, 0.05) is 17.8 Å². The van der Waals surface area contributed by atoms with Crippen molar-refractivity contribution in [1.82, 2.24) is 0 Å². The molecule has 0 saturated heterocycles. The number of hydrogen-bond acceptors (Lipinski definition) is 4. The lowest BCUT2D eigenvalue weighted by molar-refractivity contribution is 0.465. The van der Waals surface area contributed by atoms with Crippen molar-refractivity contribution in [2.45, 2.75) is 6.92 Å². The van der Waals surface area contributed by atoms with Gasteiger partial charge in [0.2, 0.25) is 0 Å². The molecule has 1 aromatic carbocycles. The molecule has 5 heteroatoms. The van der Waals surface area contributed by atoms with Crippen LogP contribution in [0.25, 0.3) is 10.6 Å². The van der Waals surface area contributed by atoms with E-state index >= 15 is 0 Å². The summed E-state index contributed by atoms with van der Waals surface area (Å²) in [6.07, 6.45) is 1.55. The second-order valence-electron chi connectivity index (χ2n) is 4.77. The molecule has 0 fully saturated rings. The summed E-state index contributed by atoms with van der Waals surface area (Å²) in [4.78, 5) is 2.75. The van der Waals surface area contributed by atoms with E-state index in [4.69, 9.17) is 16.0 Å². The standard InChI is InChI=1S/C16H14ClNO2S/c1-10-5-6-11(8-12(10)17)18(2)13-9-20-16(15(13)19)14-4-3-7-21-14/h3-9,19H,1-2H3. The highest BCUT2D eigenvalue weighted by molar-refractivity contribution is 7.13. The molecule has 21 heavy (non-hydrogen) atoms. The third-order valence-corrected chi connectivity index (χ3v) is 4.67. The Labute approximate surface area is 132 Å². The minimum absolute atomic E-state index is 0.136. The molecule has 0 saturated carbocycles. The van der Waals surface area contributed by atoms with Crippen molar-refractivity contribution in [2.75, 3.05) is 11.9 Å². The maximum absolute atomic E-state index is 10.4. The molecule has 2 aromatic heterocycles. The summed E-state index contributed by atoms with van der Waals surface area (Å²) >= 11 is 7.68. The van der Waals surface area contributed by atoms with Gasteiger partial charge in [-0.25, -0.2) is 0 Å². The molecule has 0 bridgehead atoms. The molecule has 0 amide bonds. The highest BCUT2D eigenvalue weighted by Crippen LogP contribution is 2.43. The van der Waals surface area contributed by atoms with Crippen LogP contribution in [-0.2, 0) is 0 Å². The van der Waals surface area contributed by atoms with E-state index in [1.165, 1.54) is 11.3 Å². The van der Waals surface area contributed by atoms with Crippen LogP contribution in [0.3, 0.4) is 0 Å². The topological polar surface area (TPSA) is 36.6 Å². The van der Waals surface area contributed by atoms with Gasteiger partial charge < -0.3 is 14.4 Å². The molecular formula is C16H14ClNO2S. The van der Waals surface area contributed by atoms with Crippen LogP contribution in [0.2, 0.25) is 5.02 Å². The Kier molecular flexibility index (Phi) is 3.66. The number of aromatic hydroxyl groups is 1. The zero-order chi connectivity index (χ0) is 15.0. The van der Waals surface area contributed by atoms with Gasteiger partial charge in [0.25, 0.3) is 0 Å². The van der Waals surface area contributed by atoms with Crippen molar-refractivity contribution in [2.24, 2.45) is 0 Å². The molecule has 3 rings (SSSR count). The quantitative estimate of drug-likeness (QED) is 0.698. The minimum atomic E-state index is 0.136. The number of nitrogens with zero attached hydrogens (tertiary/aromatic N) is 1. The lowest BCUT2D eigenvalue weighted by atomic mass is 10.2. The van der Waals surface area contributed by atoms with Gasteiger partial charge in [-0.1, -0.05) is 23.7 Å². The molecule has 0 aliphatic rings. The number of benzene rings is 1. The molecule has 0 aliphatic carbocycles. The van der Waals surface area contributed by atoms with E-state index in [0.717, 1.165) is 16.1 Å². The summed E-state index contributed by atoms with van der Waals surface area (Å²) in [5.41, 5.74) is 2.52. The lowest BCUT2D eigenvalue weighted by Crippen LogP contribution is -2.08. The van der Waals surface area contributed by atoms with Crippen LogP contribution < -0.4 is 4.90 Å². The molecule has 3 aromatic rings. The lowest BCUT2D eigenvalue weighted by Gasteiger charge is -2.18. The fraction of sp³-hybridized carbons (Fsp3) is 0.125. The highest BCUT2D eigenvalue weighted by Gasteiger charge is 2.19. The Hall–Kier alpha value is -1.91. The van der Waals surface area contributed by atoms with Crippen LogP contribution in [0.4, 0.5) is 11.4 Å². The predicted octanol–water partition coefficient (Wildman–Crippen LogP) is 5.44. The SMILES string of the molecule is Cc1ccc(N(C)c2coc(-c3cccs3)c2O)cc1Cl. The fourth-order valence-corrected chi connectivity index (χ4v) is 2.98. The molecule has 3 nitrogen and oxygen atoms in total. The smallest absolute Gasteiger partial charge is 0.187 e. The second-order valence-corrected chi connectivity index (χ2v) is 6.12. The van der Waals surface area contributed by atoms with Crippen LogP contribution in [0, 0.1) is 6.92 Å². The van der Waals surface area contributed by atoms with Gasteiger partial charge in [-0.15, -0.1) is 11.3 Å². The number of halogens is 1. The predicted molar refractivity (Wildman–Crippen MR) is 87.9 cm³/mol. The Morgan fingerprint density at radius 3 is 2.76 bits per heavy atom. The zero-order valence-electron chi connectivity index (χ0n) is 11.6. The number of thiophene rings is 1. The maximum Gasteiger partial charge on any atom is 0.187 e. The first-order chi connectivity index (χ1) is 10.1. The maximum atomic E-state index is 10.4. The number of rotatable bonds is 3. The van der Waals surface area contributed by atoms with Crippen molar-refractivity contribution in [3.8, 4) is 16.4 Å². The normalized spacial score (nSPS) is 10.8. The summed E-state index contributed by atoms with van der Waals surface area (Å²) in [5, 5.41) is 13.0. The zero-order valence-corrected chi connectivity index (χ0v) is 13.2. The van der Waals surface area contributed by atoms with Crippen molar-refractivity contribution >= 4 is 34.3 Å². The van der Waals surface area contributed by atoms with E-state index in [1.807, 2.05) is 54.6 Å². The number of hydrogen-bond donors (Lipinski definition) is 1. The van der Waals surface area contributed by atoms with Gasteiger partial charge >= 0.3 is 0 Å². The highest BCUT2D eigenvalue weighted by atomic mass is 35.5. The number of anilines is 2. The number of aryl methyl sites for hydroxylation is 1. The second kappa shape index (κ2) is 5.47. The largest absolute Gasteiger partial charge is 0.503 e. The molecule has 2 heterocycles. The molecule has 108 valence electrons. The average molecular weight is 320 g/mol. The van der Waals surface area contributed by atoms with Crippen molar-refractivity contribution < 1.29 is 9.52 Å². The van der Waals surface area contributed by atoms with Gasteiger partial charge in [0.1, 0.15) is 12.0 Å². The van der Waals surface area contributed by atoms with Gasteiger partial charge in [0.05, 0.1) is 4.88 Å². The summed E-state index contributed by atoms with van der Waals surface area (Å²) < 4.78 is 5.52. The van der Waals surface area contributed by atoms with E-state index in [2.05, 4.69) is 0 Å². The van der Waals surface area contributed by atoms with E-state index in [0.29, 0.717) is 16.5 Å². The van der Waals surface area contributed by atoms with Crippen LogP contribution in [0.1, 0.15) is 5.56 Å². The molecule has 0 spiro atoms. The minimum Gasteiger partial charge on any atom is -0.503 e. The Balaban J connectivity index is 1.98. The summed E-state index contributed by atoms with van der Waals surface area (Å²) in [7, 11) is 1.86. The van der Waals surface area contributed by atoms with E-state index in [9.17, 15) is 5.11 Å². The molecule has 1 N–H and O–H groups in total. The number of furan rings is 1. The fourth-order valence-electron chi connectivity index (χ4n) is 2.09. The van der Waals surface area contributed by atoms with Gasteiger partial charge in [0.15, 0.2) is 11.5 Å². The third kappa shape index (κ3) is 2.52. The Morgan fingerprint density at radius 2 is 2.10 bits per heavy atom. The molecular weight excluding hydrogens is 306 g/mol. The van der Waals surface area contributed by atoms with Crippen LogP contribution in [0.15, 0.2) is 46.4 Å². The third-order valence-electron chi connectivity index (χ3n) is 3.40. The van der Waals surface area contributed by atoms with E-state index < -0.39 is 0 Å². The first kappa shape index (κ1) is 14.0. The first-order valence-electron chi connectivity index (χ1n) is 6.42. The van der Waals surface area contributed by atoms with Crippen molar-refractivity contribution in [1.29, 1.82) is 0 Å². The first-order valence-corrected chi connectivity index (χ1v) is 7.68. The Morgan fingerprint density at radius 1 is 1.29 bits per heavy atom. The van der Waals surface area contributed by atoms with Crippen LogP contribution in [-0.4, -0.2) is 12.2 Å². The monoisotopic (exact) mass is 319 g/mol. The summed E-state index contributed by atoms with van der Waals surface area (Å²) in [5.74, 6) is 0.627. The Bertz CT molecular complexity index is 765. The van der Waals surface area contributed by atoms with E-state index in [1.54, 1.807) is 6.26 Å². The van der Waals surface area contributed by atoms with Gasteiger partial charge in [-0.3, -0.25) is 0 Å². The van der Waals surface area contributed by atoms with Crippen molar-refractivity contribution in [3.05, 3.63) is 52.6 Å². The van der Waals surface area contributed by atoms with Crippen LogP contribution in [0.5, 0.6) is 5.75 Å². The summed E-state index contributed by atoms with van der Waals surface area (Å²) in [6, 6.07) is 9.61. The van der Waals surface area contributed by atoms with Gasteiger partial charge in [-0.05, 0) is 36.1 Å². The van der Waals surface area contributed by atoms with Gasteiger partial charge in [-0.2, -0.15) is 0 Å². The average Bonchev–Trinajstić information content (AvgIpc) is 3.10. The summed E-state index contributed by atoms with van der Waals surface area (Å²) in [6.45, 7) is 1.95. The molecule has 0 aliphatic heterocycles. The molecule has 0 radical (unpaired) electrons. The molecule has 0 atom stereocenters.